The SMILES string of the molecule is CC(C)n1cc(O)c2ncccc2c1=O. The highest BCUT2D eigenvalue weighted by molar-refractivity contribution is 5.82. The van der Waals surface area contributed by atoms with E-state index in [4.69, 9.17) is 0 Å². The summed E-state index contributed by atoms with van der Waals surface area (Å²) in [5.74, 6) is 0.0406. The average molecular weight is 204 g/mol. The minimum atomic E-state index is -0.120. The molecule has 78 valence electrons. The van der Waals surface area contributed by atoms with Crippen molar-refractivity contribution in [3.63, 3.8) is 0 Å². The Morgan fingerprint density at radius 3 is 2.87 bits per heavy atom. The van der Waals surface area contributed by atoms with Crippen molar-refractivity contribution in [2.24, 2.45) is 0 Å². The minimum Gasteiger partial charge on any atom is -0.504 e. The number of rotatable bonds is 1. The first-order chi connectivity index (χ1) is 7.11. The van der Waals surface area contributed by atoms with Crippen LogP contribution in [0.3, 0.4) is 0 Å². The van der Waals surface area contributed by atoms with Gasteiger partial charge in [0.05, 0.1) is 11.6 Å². The van der Waals surface area contributed by atoms with Crippen LogP contribution in [0, 0.1) is 0 Å². The first kappa shape index (κ1) is 9.71. The predicted octanol–water partition coefficient (Wildman–Crippen LogP) is 1.68. The molecule has 2 aromatic rings. The lowest BCUT2D eigenvalue weighted by molar-refractivity contribution is 0.463. The van der Waals surface area contributed by atoms with Gasteiger partial charge in [-0.25, -0.2) is 0 Å². The van der Waals surface area contributed by atoms with E-state index in [9.17, 15) is 9.90 Å². The third-order valence-electron chi connectivity index (χ3n) is 2.33. The first-order valence-electron chi connectivity index (χ1n) is 4.80. The van der Waals surface area contributed by atoms with Crippen molar-refractivity contribution in [1.82, 2.24) is 9.55 Å². The molecule has 0 unspecified atom stereocenters. The minimum absolute atomic E-state index is 0.0213. The zero-order valence-corrected chi connectivity index (χ0v) is 8.64. The molecule has 0 bridgehead atoms. The molecule has 0 fully saturated rings. The zero-order chi connectivity index (χ0) is 11.0. The smallest absolute Gasteiger partial charge is 0.260 e. The Labute approximate surface area is 86.8 Å². The predicted molar refractivity (Wildman–Crippen MR) is 58.1 cm³/mol. The molecule has 0 spiro atoms. The third-order valence-corrected chi connectivity index (χ3v) is 2.33. The van der Waals surface area contributed by atoms with Gasteiger partial charge in [-0.2, -0.15) is 0 Å². The molecule has 2 aromatic heterocycles. The molecule has 2 rings (SSSR count). The van der Waals surface area contributed by atoms with Crippen molar-refractivity contribution in [3.05, 3.63) is 34.9 Å². The van der Waals surface area contributed by atoms with Crippen LogP contribution in [-0.4, -0.2) is 14.7 Å². The molecule has 0 saturated heterocycles. The average Bonchev–Trinajstić information content (AvgIpc) is 2.23. The Morgan fingerprint density at radius 2 is 2.20 bits per heavy atom. The van der Waals surface area contributed by atoms with Crippen molar-refractivity contribution in [2.45, 2.75) is 19.9 Å². The molecule has 0 atom stereocenters. The van der Waals surface area contributed by atoms with Gasteiger partial charge in [0.25, 0.3) is 5.56 Å². The van der Waals surface area contributed by atoms with Crippen molar-refractivity contribution in [3.8, 4) is 5.75 Å². The Balaban J connectivity index is 2.91. The largest absolute Gasteiger partial charge is 0.504 e. The molecule has 1 N–H and O–H groups in total. The molecule has 4 nitrogen and oxygen atoms in total. The molecule has 4 heteroatoms. The zero-order valence-electron chi connectivity index (χ0n) is 8.64. The second-order valence-corrected chi connectivity index (χ2v) is 3.72. The molecule has 0 amide bonds. The summed E-state index contributed by atoms with van der Waals surface area (Å²) >= 11 is 0. The number of pyridine rings is 2. The lowest BCUT2D eigenvalue weighted by Crippen LogP contribution is -2.21. The molecule has 0 aliphatic rings. The van der Waals surface area contributed by atoms with Gasteiger partial charge in [0.15, 0.2) is 5.75 Å². The summed E-state index contributed by atoms with van der Waals surface area (Å²) in [5.41, 5.74) is 0.241. The van der Waals surface area contributed by atoms with Gasteiger partial charge in [0.2, 0.25) is 0 Å². The van der Waals surface area contributed by atoms with Gasteiger partial charge in [0.1, 0.15) is 5.52 Å². The van der Waals surface area contributed by atoms with E-state index in [1.807, 2.05) is 13.8 Å². The van der Waals surface area contributed by atoms with Gasteiger partial charge in [-0.3, -0.25) is 9.78 Å². The maximum Gasteiger partial charge on any atom is 0.260 e. The van der Waals surface area contributed by atoms with Crippen molar-refractivity contribution in [2.75, 3.05) is 0 Å². The van der Waals surface area contributed by atoms with Gasteiger partial charge >= 0.3 is 0 Å². The molecule has 0 saturated carbocycles. The fourth-order valence-electron chi connectivity index (χ4n) is 1.56. The second kappa shape index (κ2) is 3.38. The maximum absolute atomic E-state index is 11.9. The summed E-state index contributed by atoms with van der Waals surface area (Å²) < 4.78 is 1.50. The summed E-state index contributed by atoms with van der Waals surface area (Å²) in [4.78, 5) is 15.9. The Bertz CT molecular complexity index is 558. The summed E-state index contributed by atoms with van der Waals surface area (Å²) in [6, 6.07) is 3.38. The molecule has 0 aliphatic heterocycles. The maximum atomic E-state index is 11.9. The van der Waals surface area contributed by atoms with E-state index in [1.165, 1.54) is 10.8 Å². The van der Waals surface area contributed by atoms with Gasteiger partial charge in [-0.05, 0) is 26.0 Å². The lowest BCUT2D eigenvalue weighted by atomic mass is 10.2. The van der Waals surface area contributed by atoms with E-state index < -0.39 is 0 Å². The molecule has 0 aliphatic carbocycles. The molecule has 15 heavy (non-hydrogen) atoms. The third kappa shape index (κ3) is 1.48. The number of nitrogens with zero attached hydrogens (tertiary/aromatic N) is 2. The van der Waals surface area contributed by atoms with E-state index in [1.54, 1.807) is 18.3 Å². The second-order valence-electron chi connectivity index (χ2n) is 3.72. The van der Waals surface area contributed by atoms with Gasteiger partial charge in [-0.1, -0.05) is 0 Å². The highest BCUT2D eigenvalue weighted by atomic mass is 16.3. The van der Waals surface area contributed by atoms with E-state index in [2.05, 4.69) is 4.98 Å². The number of aromatic nitrogens is 2. The van der Waals surface area contributed by atoms with E-state index in [0.29, 0.717) is 10.9 Å². The van der Waals surface area contributed by atoms with Crippen LogP contribution in [-0.2, 0) is 0 Å². The van der Waals surface area contributed by atoms with Gasteiger partial charge in [0, 0.05) is 12.2 Å². The van der Waals surface area contributed by atoms with E-state index in [0.717, 1.165) is 0 Å². The van der Waals surface area contributed by atoms with Crippen molar-refractivity contribution < 1.29 is 5.11 Å². The topological polar surface area (TPSA) is 55.1 Å². The Kier molecular flexibility index (Phi) is 2.19. The highest BCUT2D eigenvalue weighted by Gasteiger charge is 2.09. The summed E-state index contributed by atoms with van der Waals surface area (Å²) in [6.07, 6.45) is 2.99. The van der Waals surface area contributed by atoms with Crippen LogP contribution in [0.25, 0.3) is 10.9 Å². The summed E-state index contributed by atoms with van der Waals surface area (Å²) in [7, 11) is 0. The summed E-state index contributed by atoms with van der Waals surface area (Å²) in [5, 5.41) is 10.2. The molecular weight excluding hydrogens is 192 g/mol. The fraction of sp³-hybridized carbons (Fsp3) is 0.273. The van der Waals surface area contributed by atoms with Crippen LogP contribution in [0.4, 0.5) is 0 Å². The van der Waals surface area contributed by atoms with Crippen LogP contribution >= 0.6 is 0 Å². The van der Waals surface area contributed by atoms with Crippen LogP contribution in [0.2, 0.25) is 0 Å². The van der Waals surface area contributed by atoms with Crippen molar-refractivity contribution in [1.29, 1.82) is 0 Å². The van der Waals surface area contributed by atoms with Crippen LogP contribution in [0.15, 0.2) is 29.3 Å². The van der Waals surface area contributed by atoms with Crippen LogP contribution in [0.1, 0.15) is 19.9 Å². The number of fused-ring (bicyclic) bond motifs is 1. The van der Waals surface area contributed by atoms with E-state index in [-0.39, 0.29) is 17.4 Å². The Morgan fingerprint density at radius 1 is 1.47 bits per heavy atom. The number of aromatic hydroxyl groups is 1. The molecule has 2 heterocycles. The van der Waals surface area contributed by atoms with E-state index >= 15 is 0 Å². The molecule has 0 aromatic carbocycles. The highest BCUT2D eigenvalue weighted by Crippen LogP contribution is 2.19. The fourth-order valence-corrected chi connectivity index (χ4v) is 1.56. The summed E-state index contributed by atoms with van der Waals surface area (Å²) in [6.45, 7) is 3.78. The standard InChI is InChI=1S/C11H12N2O2/c1-7(2)13-6-9(14)10-8(11(13)15)4-3-5-12-10/h3-7,14H,1-2H3. The Hall–Kier alpha value is -1.84. The van der Waals surface area contributed by atoms with Crippen LogP contribution in [0.5, 0.6) is 5.75 Å². The van der Waals surface area contributed by atoms with Crippen LogP contribution < -0.4 is 5.56 Å². The number of hydrogen-bond donors (Lipinski definition) is 1. The normalized spacial score (nSPS) is 11.1. The molecule has 0 radical (unpaired) electrons. The quantitative estimate of drug-likeness (QED) is 0.768. The van der Waals surface area contributed by atoms with Crippen molar-refractivity contribution >= 4 is 10.9 Å². The molecular formula is C11H12N2O2. The number of hydrogen-bond acceptors (Lipinski definition) is 3. The lowest BCUT2D eigenvalue weighted by Gasteiger charge is -2.11. The monoisotopic (exact) mass is 204 g/mol. The van der Waals surface area contributed by atoms with Gasteiger partial charge in [-0.15, -0.1) is 0 Å². The van der Waals surface area contributed by atoms with Gasteiger partial charge < -0.3 is 9.67 Å². The first-order valence-corrected chi connectivity index (χ1v) is 4.80.